The van der Waals surface area contributed by atoms with Crippen LogP contribution in [0.25, 0.3) is 0 Å². The first-order valence-electron chi connectivity index (χ1n) is 4.44. The van der Waals surface area contributed by atoms with E-state index in [0.717, 1.165) is 4.90 Å². The van der Waals surface area contributed by atoms with Crippen molar-refractivity contribution in [2.45, 2.75) is 24.4 Å². The molecule has 1 saturated heterocycles. The largest absolute Gasteiger partial charge is 0.479 e. The van der Waals surface area contributed by atoms with E-state index in [4.69, 9.17) is 10.8 Å². The number of carbonyl (C=O) groups excluding carboxylic acids is 2. The van der Waals surface area contributed by atoms with E-state index in [9.17, 15) is 14.4 Å². The SMILES string of the molecule is CC(=O)SC(C(=O)O)N1C(=O)[C@@H](N)[C@H]1CBr.Cl. The van der Waals surface area contributed by atoms with E-state index in [1.165, 1.54) is 6.92 Å². The second-order valence-corrected chi connectivity index (χ2v) is 5.20. The van der Waals surface area contributed by atoms with Gasteiger partial charge in [-0.15, -0.1) is 12.4 Å². The number of hydrogen-bond acceptors (Lipinski definition) is 5. The second-order valence-electron chi connectivity index (χ2n) is 3.29. The number of carboxylic acid groups (broad SMARTS) is 1. The Bertz CT molecular complexity index is 343. The van der Waals surface area contributed by atoms with Crippen LogP contribution in [-0.4, -0.2) is 49.8 Å². The molecule has 1 heterocycles. The predicted octanol–water partition coefficient (Wildman–Crippen LogP) is 0.0316. The van der Waals surface area contributed by atoms with Gasteiger partial charge in [0.25, 0.3) is 0 Å². The second kappa shape index (κ2) is 6.58. The van der Waals surface area contributed by atoms with Crippen molar-refractivity contribution >= 4 is 57.1 Å². The van der Waals surface area contributed by atoms with E-state index in [2.05, 4.69) is 15.9 Å². The highest BCUT2D eigenvalue weighted by molar-refractivity contribution is 9.09. The van der Waals surface area contributed by atoms with E-state index in [1.807, 2.05) is 0 Å². The Morgan fingerprint density at radius 3 is 2.53 bits per heavy atom. The maximum atomic E-state index is 11.5. The number of nitrogens with zero attached hydrogens (tertiary/aromatic N) is 1. The van der Waals surface area contributed by atoms with Gasteiger partial charge in [0.2, 0.25) is 5.91 Å². The highest BCUT2D eigenvalue weighted by atomic mass is 79.9. The molecule has 1 fully saturated rings. The molecular weight excluding hydrogens is 336 g/mol. The van der Waals surface area contributed by atoms with Gasteiger partial charge in [-0.05, 0) is 0 Å². The highest BCUT2D eigenvalue weighted by Gasteiger charge is 2.50. The summed E-state index contributed by atoms with van der Waals surface area (Å²) in [7, 11) is 0. The molecule has 3 N–H and O–H groups in total. The summed E-state index contributed by atoms with van der Waals surface area (Å²) in [5.74, 6) is -1.66. The molecule has 0 aromatic heterocycles. The van der Waals surface area contributed by atoms with Crippen LogP contribution >= 0.6 is 40.1 Å². The number of β-lactam (4-membered cyclic amide) rings is 1. The average molecular weight is 348 g/mol. The third-order valence-corrected chi connectivity index (χ3v) is 3.86. The van der Waals surface area contributed by atoms with Crippen LogP contribution in [0.5, 0.6) is 0 Å². The minimum Gasteiger partial charge on any atom is -0.479 e. The number of hydrogen-bond donors (Lipinski definition) is 2. The first-order chi connectivity index (χ1) is 7.40. The Morgan fingerprint density at radius 1 is 1.65 bits per heavy atom. The van der Waals surface area contributed by atoms with Crippen LogP contribution in [-0.2, 0) is 14.4 Å². The van der Waals surface area contributed by atoms with Gasteiger partial charge in [0.15, 0.2) is 10.5 Å². The standard InChI is InChI=1S/C8H11BrN2O4S.ClH/c1-3(12)16-7(8(14)15)11-4(2-9)5(10)6(11)13;/h4-5,7H,2,10H2,1H3,(H,14,15);1H/t4-,5+,7?;/m1./s1. The Morgan fingerprint density at radius 2 is 2.18 bits per heavy atom. The number of nitrogens with two attached hydrogens (primary N) is 1. The molecule has 9 heteroatoms. The fourth-order valence-corrected chi connectivity index (χ4v) is 2.94. The molecule has 1 aliphatic rings. The maximum Gasteiger partial charge on any atom is 0.337 e. The number of likely N-dealkylation sites (tertiary alicyclic amines) is 1. The molecule has 1 amide bonds. The summed E-state index contributed by atoms with van der Waals surface area (Å²) in [5.41, 5.74) is 5.53. The van der Waals surface area contributed by atoms with Crippen molar-refractivity contribution < 1.29 is 19.5 Å². The molecular formula is C8H12BrClN2O4S. The molecule has 3 atom stereocenters. The lowest BCUT2D eigenvalue weighted by Gasteiger charge is -2.46. The van der Waals surface area contributed by atoms with Crippen molar-refractivity contribution in [1.29, 1.82) is 0 Å². The van der Waals surface area contributed by atoms with Crippen molar-refractivity contribution in [1.82, 2.24) is 4.90 Å². The van der Waals surface area contributed by atoms with E-state index >= 15 is 0 Å². The zero-order valence-corrected chi connectivity index (χ0v) is 12.0. The lowest BCUT2D eigenvalue weighted by molar-refractivity contribution is -0.158. The first kappa shape index (κ1) is 16.7. The van der Waals surface area contributed by atoms with E-state index < -0.39 is 23.3 Å². The molecule has 0 radical (unpaired) electrons. The molecule has 98 valence electrons. The number of carbonyl (C=O) groups is 3. The predicted molar refractivity (Wildman–Crippen MR) is 69.3 cm³/mol. The lowest BCUT2D eigenvalue weighted by atomic mass is 9.98. The Hall–Kier alpha value is -0.310. The number of thioether (sulfide) groups is 1. The molecule has 0 bridgehead atoms. The molecule has 17 heavy (non-hydrogen) atoms. The van der Waals surface area contributed by atoms with Crippen LogP contribution in [0.2, 0.25) is 0 Å². The van der Waals surface area contributed by atoms with Crippen molar-refractivity contribution in [3.05, 3.63) is 0 Å². The Kier molecular flexibility index (Phi) is 6.46. The van der Waals surface area contributed by atoms with Gasteiger partial charge in [-0.2, -0.15) is 0 Å². The summed E-state index contributed by atoms with van der Waals surface area (Å²) in [5, 5.41) is 7.80. The fraction of sp³-hybridized carbons (Fsp3) is 0.625. The van der Waals surface area contributed by atoms with Crippen molar-refractivity contribution in [3.8, 4) is 0 Å². The summed E-state index contributed by atoms with van der Waals surface area (Å²) in [6, 6.07) is -1.06. The quantitative estimate of drug-likeness (QED) is 0.550. The molecule has 0 aromatic carbocycles. The van der Waals surface area contributed by atoms with Crippen LogP contribution in [0, 0.1) is 0 Å². The van der Waals surface area contributed by atoms with Gasteiger partial charge in [0.05, 0.1) is 6.04 Å². The van der Waals surface area contributed by atoms with Crippen LogP contribution in [0.15, 0.2) is 0 Å². The lowest BCUT2D eigenvalue weighted by Crippen LogP contribution is -2.72. The zero-order valence-electron chi connectivity index (χ0n) is 8.83. The topological polar surface area (TPSA) is 101 Å². The van der Waals surface area contributed by atoms with Crippen molar-refractivity contribution in [3.63, 3.8) is 0 Å². The van der Waals surface area contributed by atoms with Crippen LogP contribution in [0.4, 0.5) is 0 Å². The first-order valence-corrected chi connectivity index (χ1v) is 6.44. The van der Waals surface area contributed by atoms with Crippen LogP contribution in [0.1, 0.15) is 6.92 Å². The number of amides is 1. The van der Waals surface area contributed by atoms with Gasteiger partial charge in [-0.1, -0.05) is 27.7 Å². The van der Waals surface area contributed by atoms with Gasteiger partial charge >= 0.3 is 5.97 Å². The maximum absolute atomic E-state index is 11.5. The molecule has 1 aliphatic heterocycles. The van der Waals surface area contributed by atoms with Crippen molar-refractivity contribution in [2.24, 2.45) is 5.73 Å². The molecule has 1 unspecified atom stereocenters. The molecule has 0 spiro atoms. The van der Waals surface area contributed by atoms with Gasteiger partial charge < -0.3 is 15.7 Å². The highest BCUT2D eigenvalue weighted by Crippen LogP contribution is 2.29. The molecule has 1 rings (SSSR count). The molecule has 0 saturated carbocycles. The van der Waals surface area contributed by atoms with E-state index in [1.54, 1.807) is 0 Å². The summed E-state index contributed by atoms with van der Waals surface area (Å²) in [6.45, 7) is 1.26. The summed E-state index contributed by atoms with van der Waals surface area (Å²) < 4.78 is 0. The third-order valence-electron chi connectivity index (χ3n) is 2.21. The zero-order chi connectivity index (χ0) is 12.5. The summed E-state index contributed by atoms with van der Waals surface area (Å²) in [6.07, 6.45) is 0. The van der Waals surface area contributed by atoms with E-state index in [0.29, 0.717) is 17.1 Å². The number of halogens is 2. The van der Waals surface area contributed by atoms with Crippen LogP contribution in [0.3, 0.4) is 0 Å². The molecule has 0 aliphatic carbocycles. The van der Waals surface area contributed by atoms with Gasteiger partial charge in [-0.3, -0.25) is 9.59 Å². The fourth-order valence-electron chi connectivity index (χ4n) is 1.43. The average Bonchev–Trinajstić information content (AvgIpc) is 2.21. The third kappa shape index (κ3) is 3.34. The normalized spacial score (nSPS) is 24.6. The smallest absolute Gasteiger partial charge is 0.337 e. The summed E-state index contributed by atoms with van der Waals surface area (Å²) in [4.78, 5) is 34.4. The van der Waals surface area contributed by atoms with Crippen LogP contribution < -0.4 is 5.73 Å². The van der Waals surface area contributed by atoms with Gasteiger partial charge in [0.1, 0.15) is 6.04 Å². The Labute approximate surface area is 117 Å². The van der Waals surface area contributed by atoms with Gasteiger partial charge in [0, 0.05) is 12.3 Å². The minimum atomic E-state index is -1.22. The van der Waals surface area contributed by atoms with Gasteiger partial charge in [-0.25, -0.2) is 4.79 Å². The number of carboxylic acids is 1. The molecule has 6 nitrogen and oxygen atoms in total. The Balaban J connectivity index is 0.00000256. The monoisotopic (exact) mass is 346 g/mol. The number of rotatable bonds is 4. The van der Waals surface area contributed by atoms with Crippen molar-refractivity contribution in [2.75, 3.05) is 5.33 Å². The molecule has 0 aromatic rings. The minimum absolute atomic E-state index is 0. The summed E-state index contributed by atoms with van der Waals surface area (Å²) >= 11 is 3.76. The number of alkyl halides is 1. The van der Waals surface area contributed by atoms with E-state index in [-0.39, 0.29) is 23.6 Å². The number of aliphatic carboxylic acids is 1.